The van der Waals surface area contributed by atoms with E-state index in [1.54, 1.807) is 0 Å². The minimum Gasteiger partial charge on any atom is -0.378 e. The van der Waals surface area contributed by atoms with Crippen LogP contribution >= 0.6 is 0 Å². The predicted molar refractivity (Wildman–Crippen MR) is 62.8 cm³/mol. The van der Waals surface area contributed by atoms with Crippen LogP contribution < -0.4 is 0 Å². The van der Waals surface area contributed by atoms with Gasteiger partial charge >= 0.3 is 0 Å². The number of epoxide rings is 1. The van der Waals surface area contributed by atoms with E-state index < -0.39 is 5.97 Å². The molecule has 0 spiro atoms. The van der Waals surface area contributed by atoms with Crippen LogP contribution in [0.2, 0.25) is 0 Å². The quantitative estimate of drug-likeness (QED) is 0.315. The van der Waals surface area contributed by atoms with Crippen LogP contribution in [-0.4, -0.2) is 51.7 Å². The van der Waals surface area contributed by atoms with Gasteiger partial charge in [-0.1, -0.05) is 0 Å². The SMILES string of the molecule is CCOC(CCOCC1CO1)(OCC)OCC. The van der Waals surface area contributed by atoms with Gasteiger partial charge in [0, 0.05) is 19.8 Å². The van der Waals surface area contributed by atoms with Gasteiger partial charge in [0.15, 0.2) is 0 Å². The number of hydrogen-bond acceptors (Lipinski definition) is 5. The Hall–Kier alpha value is -0.200. The van der Waals surface area contributed by atoms with Crippen LogP contribution in [0.1, 0.15) is 27.2 Å². The molecule has 1 heterocycles. The van der Waals surface area contributed by atoms with Crippen molar-refractivity contribution in [1.29, 1.82) is 0 Å². The van der Waals surface area contributed by atoms with Crippen molar-refractivity contribution in [2.75, 3.05) is 39.6 Å². The van der Waals surface area contributed by atoms with Crippen LogP contribution in [-0.2, 0) is 23.7 Å². The fourth-order valence-electron chi connectivity index (χ4n) is 1.58. The normalized spacial score (nSPS) is 19.6. The lowest BCUT2D eigenvalue weighted by molar-refractivity contribution is -0.381. The van der Waals surface area contributed by atoms with Crippen LogP contribution in [0.15, 0.2) is 0 Å². The van der Waals surface area contributed by atoms with Gasteiger partial charge in [0.1, 0.15) is 6.10 Å². The fraction of sp³-hybridized carbons (Fsp3) is 1.00. The molecule has 1 aliphatic rings. The van der Waals surface area contributed by atoms with Crippen LogP contribution in [0.4, 0.5) is 0 Å². The van der Waals surface area contributed by atoms with E-state index in [1.165, 1.54) is 0 Å². The summed E-state index contributed by atoms with van der Waals surface area (Å²) in [5.41, 5.74) is 0. The summed E-state index contributed by atoms with van der Waals surface area (Å²) in [6.07, 6.45) is 0.852. The van der Waals surface area contributed by atoms with Crippen molar-refractivity contribution < 1.29 is 23.7 Å². The molecule has 1 unspecified atom stereocenters. The zero-order valence-electron chi connectivity index (χ0n) is 11.1. The molecule has 5 nitrogen and oxygen atoms in total. The molecule has 1 rings (SSSR count). The van der Waals surface area contributed by atoms with E-state index in [1.807, 2.05) is 20.8 Å². The van der Waals surface area contributed by atoms with E-state index in [0.29, 0.717) is 39.5 Å². The summed E-state index contributed by atoms with van der Waals surface area (Å²) in [6.45, 7) is 9.40. The van der Waals surface area contributed by atoms with Gasteiger partial charge in [0.2, 0.25) is 0 Å². The van der Waals surface area contributed by atoms with Gasteiger partial charge in [-0.15, -0.1) is 0 Å². The average Bonchev–Trinajstić information content (AvgIpc) is 3.09. The number of rotatable bonds is 11. The molecule has 0 saturated carbocycles. The Kier molecular flexibility index (Phi) is 6.99. The second-order valence-corrected chi connectivity index (χ2v) is 3.76. The highest BCUT2D eigenvalue weighted by Crippen LogP contribution is 2.21. The third kappa shape index (κ3) is 5.79. The second-order valence-electron chi connectivity index (χ2n) is 3.76. The van der Waals surface area contributed by atoms with E-state index in [0.717, 1.165) is 6.61 Å². The molecule has 0 aromatic rings. The summed E-state index contributed by atoms with van der Waals surface area (Å²) < 4.78 is 27.3. The van der Waals surface area contributed by atoms with E-state index in [2.05, 4.69) is 0 Å². The first-order valence-corrected chi connectivity index (χ1v) is 6.37. The summed E-state index contributed by atoms with van der Waals surface area (Å²) in [6, 6.07) is 0. The van der Waals surface area contributed by atoms with Gasteiger partial charge in [0.25, 0.3) is 5.97 Å². The van der Waals surface area contributed by atoms with Crippen LogP contribution in [0.5, 0.6) is 0 Å². The Balaban J connectivity index is 2.29. The van der Waals surface area contributed by atoms with E-state index in [9.17, 15) is 0 Å². The minimum atomic E-state index is -0.956. The summed E-state index contributed by atoms with van der Waals surface area (Å²) in [4.78, 5) is 0. The van der Waals surface area contributed by atoms with Gasteiger partial charge in [-0.05, 0) is 20.8 Å². The molecule has 0 amide bonds. The van der Waals surface area contributed by atoms with E-state index in [-0.39, 0.29) is 6.10 Å². The maximum Gasteiger partial charge on any atom is 0.285 e. The fourth-order valence-corrected chi connectivity index (χ4v) is 1.58. The van der Waals surface area contributed by atoms with Gasteiger partial charge in [-0.25, -0.2) is 0 Å². The third-order valence-corrected chi connectivity index (χ3v) is 2.35. The molecular formula is C12H24O5. The smallest absolute Gasteiger partial charge is 0.285 e. The monoisotopic (exact) mass is 248 g/mol. The van der Waals surface area contributed by atoms with Crippen molar-refractivity contribution in [2.24, 2.45) is 0 Å². The molecule has 0 aromatic carbocycles. The first kappa shape index (κ1) is 14.9. The molecular weight excluding hydrogens is 224 g/mol. The third-order valence-electron chi connectivity index (χ3n) is 2.35. The molecule has 1 aliphatic heterocycles. The zero-order valence-corrected chi connectivity index (χ0v) is 11.1. The number of ether oxygens (including phenoxy) is 5. The van der Waals surface area contributed by atoms with Crippen LogP contribution in [0.3, 0.4) is 0 Å². The lowest BCUT2D eigenvalue weighted by atomic mass is 10.3. The predicted octanol–water partition coefficient (Wildman–Crippen LogP) is 1.56. The maximum absolute atomic E-state index is 5.58. The molecule has 0 aromatic heterocycles. The number of hydrogen-bond donors (Lipinski definition) is 0. The Morgan fingerprint density at radius 2 is 1.59 bits per heavy atom. The second kappa shape index (κ2) is 8.00. The van der Waals surface area contributed by atoms with Crippen molar-refractivity contribution in [3.8, 4) is 0 Å². The first-order valence-electron chi connectivity index (χ1n) is 6.37. The van der Waals surface area contributed by atoms with E-state index in [4.69, 9.17) is 23.7 Å². The van der Waals surface area contributed by atoms with Crippen molar-refractivity contribution in [1.82, 2.24) is 0 Å². The molecule has 0 N–H and O–H groups in total. The zero-order chi connectivity index (χ0) is 12.6. The Labute approximate surface area is 103 Å². The minimum absolute atomic E-state index is 0.288. The summed E-state index contributed by atoms with van der Waals surface area (Å²) in [7, 11) is 0. The highest BCUT2D eigenvalue weighted by Gasteiger charge is 2.32. The molecule has 5 heteroatoms. The molecule has 1 saturated heterocycles. The van der Waals surface area contributed by atoms with E-state index >= 15 is 0 Å². The summed E-state index contributed by atoms with van der Waals surface area (Å²) in [5.74, 6) is -0.956. The van der Waals surface area contributed by atoms with Crippen molar-refractivity contribution in [3.05, 3.63) is 0 Å². The molecule has 0 bridgehead atoms. The van der Waals surface area contributed by atoms with Crippen molar-refractivity contribution >= 4 is 0 Å². The maximum atomic E-state index is 5.58. The molecule has 102 valence electrons. The van der Waals surface area contributed by atoms with Crippen LogP contribution in [0, 0.1) is 0 Å². The van der Waals surface area contributed by atoms with Gasteiger partial charge in [0.05, 0.1) is 26.2 Å². The van der Waals surface area contributed by atoms with Crippen molar-refractivity contribution in [3.63, 3.8) is 0 Å². The van der Waals surface area contributed by atoms with Gasteiger partial charge < -0.3 is 23.7 Å². The summed E-state index contributed by atoms with van der Waals surface area (Å²) in [5, 5.41) is 0. The lowest BCUT2D eigenvalue weighted by Gasteiger charge is -2.32. The van der Waals surface area contributed by atoms with Crippen LogP contribution in [0.25, 0.3) is 0 Å². The standard InChI is InChI=1S/C12H24O5/c1-4-15-12(16-5-2,17-6-3)7-8-13-9-11-10-14-11/h11H,4-10H2,1-3H3. The molecule has 0 aliphatic carbocycles. The van der Waals surface area contributed by atoms with Crippen molar-refractivity contribution in [2.45, 2.75) is 39.3 Å². The van der Waals surface area contributed by atoms with Gasteiger partial charge in [-0.3, -0.25) is 0 Å². The summed E-state index contributed by atoms with van der Waals surface area (Å²) >= 11 is 0. The topological polar surface area (TPSA) is 49.5 Å². The Morgan fingerprint density at radius 3 is 2.00 bits per heavy atom. The average molecular weight is 248 g/mol. The lowest BCUT2D eigenvalue weighted by Crippen LogP contribution is -2.40. The molecule has 17 heavy (non-hydrogen) atoms. The first-order chi connectivity index (χ1) is 8.26. The molecule has 0 radical (unpaired) electrons. The Morgan fingerprint density at radius 1 is 1.06 bits per heavy atom. The molecule has 1 fully saturated rings. The highest BCUT2D eigenvalue weighted by atomic mass is 16.9. The molecule has 1 atom stereocenters. The highest BCUT2D eigenvalue weighted by molar-refractivity contribution is 4.67. The Bertz CT molecular complexity index is 176. The van der Waals surface area contributed by atoms with Gasteiger partial charge in [-0.2, -0.15) is 0 Å². The largest absolute Gasteiger partial charge is 0.378 e.